The number of carbonyl (C=O) groups excluding carboxylic acids is 4. The van der Waals surface area contributed by atoms with Gasteiger partial charge in [0.2, 0.25) is 11.8 Å². The van der Waals surface area contributed by atoms with E-state index in [1.807, 2.05) is 27.7 Å². The van der Waals surface area contributed by atoms with E-state index < -0.39 is 9.85 Å². The van der Waals surface area contributed by atoms with Crippen molar-refractivity contribution in [2.75, 3.05) is 78.5 Å². The molecule has 16 nitrogen and oxygen atoms in total. The second-order valence-electron chi connectivity index (χ2n) is 12.3. The molecule has 0 N–H and O–H groups in total. The molecular formula is C36H46N8O8S. The first-order chi connectivity index (χ1) is 25.4. The third-order valence-electron chi connectivity index (χ3n) is 9.21. The van der Waals surface area contributed by atoms with Gasteiger partial charge < -0.3 is 29.4 Å². The van der Waals surface area contributed by atoms with Crippen LogP contribution in [0.1, 0.15) is 38.8 Å². The molecule has 284 valence electrons. The molecule has 2 aromatic carbocycles. The molecule has 0 bridgehead atoms. The highest BCUT2D eigenvalue weighted by Crippen LogP contribution is 2.40. The summed E-state index contributed by atoms with van der Waals surface area (Å²) in [7, 11) is 0. The molecule has 4 rings (SSSR count). The lowest BCUT2D eigenvalue weighted by atomic mass is 10.2. The summed E-state index contributed by atoms with van der Waals surface area (Å²) < 4.78 is 0. The molecule has 0 radical (unpaired) electrons. The number of nitro groups is 2. The van der Waals surface area contributed by atoms with E-state index in [0.29, 0.717) is 89.7 Å². The van der Waals surface area contributed by atoms with Crippen LogP contribution in [0.2, 0.25) is 0 Å². The number of hydrogen-bond donors (Lipinski definition) is 0. The van der Waals surface area contributed by atoms with Gasteiger partial charge in [-0.15, -0.1) is 0 Å². The number of piperazine rings is 2. The first-order valence-electron chi connectivity index (χ1n) is 17.7. The molecule has 2 aliphatic rings. The van der Waals surface area contributed by atoms with Crippen LogP contribution in [0.15, 0.2) is 58.3 Å². The number of urea groups is 2. The largest absolute Gasteiger partial charge is 0.336 e. The highest BCUT2D eigenvalue weighted by molar-refractivity contribution is 7.99. The van der Waals surface area contributed by atoms with Crippen molar-refractivity contribution in [3.8, 4) is 0 Å². The summed E-state index contributed by atoms with van der Waals surface area (Å²) in [6.45, 7) is 13.2. The standard InChI is InChI=1S/C36H46N8O8S/c1-5-37(6-2)35(47)41-21-17-39(18-22-41)33(45)15-11-27-9-13-31(29(25-27)43(49)50)53-32-14-10-28(26-30(32)44(51)52)12-16-34(46)40-19-23-42(24-20-40)36(48)38(7-3)8-4/h9-16,25-26H,5-8,17-24H2,1-4H3/b15-11+,16-12+. The lowest BCUT2D eigenvalue weighted by molar-refractivity contribution is -0.388. The quantitative estimate of drug-likeness (QED) is 0.166. The topological polar surface area (TPSA) is 174 Å². The Morgan fingerprint density at radius 3 is 1.23 bits per heavy atom. The molecule has 0 aliphatic carbocycles. The zero-order valence-corrected chi connectivity index (χ0v) is 31.3. The molecule has 2 saturated heterocycles. The van der Waals surface area contributed by atoms with Crippen LogP contribution < -0.4 is 0 Å². The lowest BCUT2D eigenvalue weighted by Gasteiger charge is -2.36. The number of amides is 6. The van der Waals surface area contributed by atoms with E-state index >= 15 is 0 Å². The van der Waals surface area contributed by atoms with Gasteiger partial charge in [-0.05, 0) is 63.1 Å². The van der Waals surface area contributed by atoms with Gasteiger partial charge in [0.05, 0.1) is 19.6 Å². The highest BCUT2D eigenvalue weighted by atomic mass is 32.2. The maximum absolute atomic E-state index is 12.9. The van der Waals surface area contributed by atoms with Crippen molar-refractivity contribution < 1.29 is 29.0 Å². The van der Waals surface area contributed by atoms with Crippen LogP contribution in [0, 0.1) is 20.2 Å². The van der Waals surface area contributed by atoms with Gasteiger partial charge in [-0.1, -0.05) is 23.9 Å². The number of rotatable bonds is 12. The Hall–Kier alpha value is -5.45. The average Bonchev–Trinajstić information content (AvgIpc) is 3.17. The smallest absolute Gasteiger partial charge is 0.320 e. The monoisotopic (exact) mass is 750 g/mol. The molecule has 2 aliphatic heterocycles. The van der Waals surface area contributed by atoms with Gasteiger partial charge >= 0.3 is 12.1 Å². The summed E-state index contributed by atoms with van der Waals surface area (Å²) in [6.07, 6.45) is 5.63. The minimum Gasteiger partial charge on any atom is -0.336 e. The summed E-state index contributed by atoms with van der Waals surface area (Å²) in [5.74, 6) is -0.560. The summed E-state index contributed by atoms with van der Waals surface area (Å²) in [5.41, 5.74) is 0.245. The van der Waals surface area contributed by atoms with Crippen molar-refractivity contribution in [1.82, 2.24) is 29.4 Å². The number of benzene rings is 2. The predicted octanol–water partition coefficient (Wildman–Crippen LogP) is 4.89. The molecule has 2 fully saturated rings. The van der Waals surface area contributed by atoms with Crippen molar-refractivity contribution in [3.05, 3.63) is 79.9 Å². The number of hydrogen-bond acceptors (Lipinski definition) is 9. The third kappa shape index (κ3) is 10.3. The summed E-state index contributed by atoms with van der Waals surface area (Å²) in [5, 5.41) is 24.1. The van der Waals surface area contributed by atoms with Gasteiger partial charge in [-0.25, -0.2) is 9.59 Å². The number of carbonyl (C=O) groups is 4. The maximum Gasteiger partial charge on any atom is 0.320 e. The Morgan fingerprint density at radius 2 is 0.925 bits per heavy atom. The van der Waals surface area contributed by atoms with Crippen LogP contribution >= 0.6 is 11.8 Å². The minimum atomic E-state index is -0.582. The van der Waals surface area contributed by atoms with Crippen LogP contribution in [0.4, 0.5) is 21.0 Å². The van der Waals surface area contributed by atoms with Crippen molar-refractivity contribution in [3.63, 3.8) is 0 Å². The Labute approximate surface area is 312 Å². The Morgan fingerprint density at radius 1 is 0.604 bits per heavy atom. The molecule has 0 unspecified atom stereocenters. The Bertz CT molecular complexity index is 1620. The van der Waals surface area contributed by atoms with E-state index in [1.165, 1.54) is 48.6 Å². The lowest BCUT2D eigenvalue weighted by Crippen LogP contribution is -2.53. The molecule has 17 heteroatoms. The van der Waals surface area contributed by atoms with Crippen LogP contribution in [-0.4, -0.2) is 142 Å². The van der Waals surface area contributed by atoms with Gasteiger partial charge in [0, 0.05) is 103 Å². The molecule has 0 spiro atoms. The SMILES string of the molecule is CCN(CC)C(=O)N1CCN(C(=O)/C=C/c2ccc(Sc3ccc(/C=C/C(=O)N4CCN(C(=O)N(CC)CC)CC4)cc3[N+](=O)[O-])c([N+](=O)[O-])c2)CC1. The van der Waals surface area contributed by atoms with E-state index in [9.17, 15) is 39.4 Å². The zero-order valence-electron chi connectivity index (χ0n) is 30.5. The Kier molecular flexibility index (Phi) is 14.4. The molecule has 2 heterocycles. The normalized spacial score (nSPS) is 14.9. The molecule has 6 amide bonds. The zero-order chi connectivity index (χ0) is 38.7. The van der Waals surface area contributed by atoms with E-state index in [0.717, 1.165) is 11.8 Å². The molecular weight excluding hydrogens is 705 g/mol. The van der Waals surface area contributed by atoms with Crippen molar-refractivity contribution in [1.29, 1.82) is 0 Å². The van der Waals surface area contributed by atoms with Crippen molar-refractivity contribution in [2.45, 2.75) is 37.5 Å². The molecule has 0 saturated carbocycles. The molecule has 0 aromatic heterocycles. The molecule has 53 heavy (non-hydrogen) atoms. The average molecular weight is 751 g/mol. The Balaban J connectivity index is 1.39. The fourth-order valence-corrected chi connectivity index (χ4v) is 7.01. The van der Waals surface area contributed by atoms with E-state index in [4.69, 9.17) is 0 Å². The van der Waals surface area contributed by atoms with E-state index in [1.54, 1.807) is 41.5 Å². The first kappa shape index (κ1) is 40.3. The summed E-state index contributed by atoms with van der Waals surface area (Å²) >= 11 is 0.871. The maximum atomic E-state index is 12.9. The third-order valence-corrected chi connectivity index (χ3v) is 10.3. The van der Waals surface area contributed by atoms with Crippen LogP contribution in [0.5, 0.6) is 0 Å². The summed E-state index contributed by atoms with van der Waals surface area (Å²) in [6, 6.07) is 8.65. The fourth-order valence-electron chi connectivity index (χ4n) is 6.02. The number of nitrogens with zero attached hydrogens (tertiary/aromatic N) is 8. The summed E-state index contributed by atoms with van der Waals surface area (Å²) in [4.78, 5) is 84.4. The second kappa shape index (κ2) is 18.9. The first-order valence-corrected chi connectivity index (χ1v) is 18.5. The van der Waals surface area contributed by atoms with Gasteiger partial charge in [0.25, 0.3) is 11.4 Å². The van der Waals surface area contributed by atoms with Crippen molar-refractivity contribution >= 4 is 59.2 Å². The van der Waals surface area contributed by atoms with Gasteiger partial charge in [-0.3, -0.25) is 29.8 Å². The predicted molar refractivity (Wildman–Crippen MR) is 201 cm³/mol. The van der Waals surface area contributed by atoms with Crippen molar-refractivity contribution in [2.24, 2.45) is 0 Å². The van der Waals surface area contributed by atoms with Gasteiger partial charge in [0.1, 0.15) is 0 Å². The van der Waals surface area contributed by atoms with E-state index in [-0.39, 0.29) is 45.0 Å². The molecule has 2 aromatic rings. The fraction of sp³-hybridized carbons (Fsp3) is 0.444. The van der Waals surface area contributed by atoms with Crippen LogP contribution in [-0.2, 0) is 9.59 Å². The van der Waals surface area contributed by atoms with Gasteiger partial charge in [-0.2, -0.15) is 0 Å². The second-order valence-corrected chi connectivity index (χ2v) is 13.4. The van der Waals surface area contributed by atoms with Crippen LogP contribution in [0.25, 0.3) is 12.2 Å². The highest BCUT2D eigenvalue weighted by Gasteiger charge is 2.27. The molecule has 0 atom stereocenters. The van der Waals surface area contributed by atoms with Gasteiger partial charge in [0.15, 0.2) is 0 Å². The van der Waals surface area contributed by atoms with E-state index in [2.05, 4.69) is 0 Å². The minimum absolute atomic E-state index is 0.0553. The number of nitro benzene ring substituents is 2. The van der Waals surface area contributed by atoms with Crippen LogP contribution in [0.3, 0.4) is 0 Å².